The summed E-state index contributed by atoms with van der Waals surface area (Å²) in [4.78, 5) is 12.0. The number of carbonyl (C=O) groups excluding carboxylic acids is 1. The van der Waals surface area contributed by atoms with Crippen molar-refractivity contribution < 1.29 is 27.1 Å². The summed E-state index contributed by atoms with van der Waals surface area (Å²) in [6.07, 6.45) is -5.00. The van der Waals surface area contributed by atoms with Gasteiger partial charge in [-0.05, 0) is 18.7 Å². The summed E-state index contributed by atoms with van der Waals surface area (Å²) in [5.41, 5.74) is -0.182. The Balaban J connectivity index is 2.05. The lowest BCUT2D eigenvalue weighted by Gasteiger charge is -2.38. The SMILES string of the molecule is O=C(CC(F)(F)CCC(F)F)OC1(c2ccccc2)CCNCC1. The van der Waals surface area contributed by atoms with E-state index in [0.29, 0.717) is 25.9 Å². The van der Waals surface area contributed by atoms with Gasteiger partial charge in [0.05, 0.1) is 0 Å². The molecule has 1 aliphatic rings. The summed E-state index contributed by atoms with van der Waals surface area (Å²) >= 11 is 0. The Kier molecular flexibility index (Phi) is 6.21. The van der Waals surface area contributed by atoms with Crippen LogP contribution in [0, 0.1) is 0 Å². The molecule has 0 aliphatic carbocycles. The van der Waals surface area contributed by atoms with E-state index in [9.17, 15) is 22.4 Å². The molecule has 24 heavy (non-hydrogen) atoms. The van der Waals surface area contributed by atoms with Crippen molar-refractivity contribution in [1.82, 2.24) is 5.32 Å². The van der Waals surface area contributed by atoms with Gasteiger partial charge in [-0.2, -0.15) is 0 Å². The van der Waals surface area contributed by atoms with E-state index >= 15 is 0 Å². The van der Waals surface area contributed by atoms with Crippen molar-refractivity contribution in [3.8, 4) is 0 Å². The second-order valence-corrected chi connectivity index (χ2v) is 6.05. The van der Waals surface area contributed by atoms with Gasteiger partial charge >= 0.3 is 5.97 Å². The average molecular weight is 347 g/mol. The van der Waals surface area contributed by atoms with Crippen LogP contribution < -0.4 is 5.32 Å². The molecule has 1 saturated heterocycles. The van der Waals surface area contributed by atoms with Crippen molar-refractivity contribution in [2.24, 2.45) is 0 Å². The Morgan fingerprint density at radius 1 is 1.21 bits per heavy atom. The number of halogens is 4. The van der Waals surface area contributed by atoms with Crippen molar-refractivity contribution in [3.63, 3.8) is 0 Å². The summed E-state index contributed by atoms with van der Waals surface area (Å²) in [5, 5.41) is 3.14. The third-order valence-corrected chi connectivity index (χ3v) is 4.15. The molecule has 0 amide bonds. The van der Waals surface area contributed by atoms with E-state index in [-0.39, 0.29) is 0 Å². The molecular formula is C17H21F4NO2. The first-order valence-corrected chi connectivity index (χ1v) is 7.97. The van der Waals surface area contributed by atoms with Crippen molar-refractivity contribution in [3.05, 3.63) is 35.9 Å². The van der Waals surface area contributed by atoms with Crippen molar-refractivity contribution >= 4 is 5.97 Å². The van der Waals surface area contributed by atoms with Crippen LogP contribution in [0.15, 0.2) is 30.3 Å². The van der Waals surface area contributed by atoms with E-state index in [2.05, 4.69) is 5.32 Å². The molecule has 0 atom stereocenters. The highest BCUT2D eigenvalue weighted by atomic mass is 19.3. The average Bonchev–Trinajstić information content (AvgIpc) is 2.54. The van der Waals surface area contributed by atoms with Gasteiger partial charge in [-0.3, -0.25) is 4.79 Å². The Morgan fingerprint density at radius 3 is 2.42 bits per heavy atom. The maximum absolute atomic E-state index is 13.7. The zero-order valence-corrected chi connectivity index (χ0v) is 13.2. The summed E-state index contributed by atoms with van der Waals surface area (Å²) in [6, 6.07) is 9.01. The largest absolute Gasteiger partial charge is 0.454 e. The first-order valence-electron chi connectivity index (χ1n) is 7.97. The van der Waals surface area contributed by atoms with Gasteiger partial charge in [0.2, 0.25) is 6.43 Å². The van der Waals surface area contributed by atoms with Gasteiger partial charge < -0.3 is 10.1 Å². The van der Waals surface area contributed by atoms with Crippen LogP contribution in [0.4, 0.5) is 17.6 Å². The topological polar surface area (TPSA) is 38.3 Å². The zero-order chi connectivity index (χ0) is 17.6. The molecule has 0 saturated carbocycles. The molecule has 134 valence electrons. The molecule has 0 aromatic heterocycles. The normalized spacial score (nSPS) is 17.7. The van der Waals surface area contributed by atoms with Crippen molar-refractivity contribution in [2.75, 3.05) is 13.1 Å². The Morgan fingerprint density at radius 2 is 1.83 bits per heavy atom. The van der Waals surface area contributed by atoms with E-state index in [1.807, 2.05) is 6.07 Å². The molecule has 0 unspecified atom stereocenters. The predicted octanol–water partition coefficient (Wildman–Crippen LogP) is 3.88. The minimum absolute atomic E-state index is 0.478. The van der Waals surface area contributed by atoms with Crippen LogP contribution in [-0.2, 0) is 15.1 Å². The van der Waals surface area contributed by atoms with Crippen LogP contribution in [0.25, 0.3) is 0 Å². The summed E-state index contributed by atoms with van der Waals surface area (Å²) in [6.45, 7) is 1.20. The van der Waals surface area contributed by atoms with Crippen LogP contribution in [0.1, 0.15) is 37.7 Å². The fourth-order valence-electron chi connectivity index (χ4n) is 2.90. The van der Waals surface area contributed by atoms with E-state index < -0.39 is 43.2 Å². The number of esters is 1. The van der Waals surface area contributed by atoms with Crippen molar-refractivity contribution in [2.45, 2.75) is 50.1 Å². The maximum Gasteiger partial charge on any atom is 0.312 e. The number of piperidine rings is 1. The molecule has 1 heterocycles. The number of rotatable bonds is 7. The zero-order valence-electron chi connectivity index (χ0n) is 13.2. The van der Waals surface area contributed by atoms with E-state index in [1.54, 1.807) is 24.3 Å². The van der Waals surface area contributed by atoms with E-state index in [0.717, 1.165) is 5.56 Å². The maximum atomic E-state index is 13.7. The molecule has 0 bridgehead atoms. The van der Waals surface area contributed by atoms with Gasteiger partial charge in [-0.25, -0.2) is 17.6 Å². The minimum Gasteiger partial charge on any atom is -0.454 e. The molecular weight excluding hydrogens is 326 g/mol. The number of nitrogens with one attached hydrogen (secondary N) is 1. The van der Waals surface area contributed by atoms with Crippen molar-refractivity contribution in [1.29, 1.82) is 0 Å². The van der Waals surface area contributed by atoms with Crippen LogP contribution in [0.5, 0.6) is 0 Å². The lowest BCUT2D eigenvalue weighted by molar-refractivity contribution is -0.172. The molecule has 2 rings (SSSR count). The molecule has 1 aliphatic heterocycles. The first-order chi connectivity index (χ1) is 11.3. The molecule has 3 nitrogen and oxygen atoms in total. The van der Waals surface area contributed by atoms with Gasteiger partial charge in [0.1, 0.15) is 12.0 Å². The number of hydrogen-bond acceptors (Lipinski definition) is 3. The van der Waals surface area contributed by atoms with Crippen LogP contribution in [-0.4, -0.2) is 31.4 Å². The van der Waals surface area contributed by atoms with Gasteiger partial charge in [0, 0.05) is 25.7 Å². The standard InChI is InChI=1S/C17H21F4NO2/c18-14(19)6-7-17(20,21)12-15(23)24-16(8-10-22-11-9-16)13-4-2-1-3-5-13/h1-5,14,22H,6-12H2. The molecule has 0 radical (unpaired) electrons. The lowest BCUT2D eigenvalue weighted by atomic mass is 9.84. The summed E-state index contributed by atoms with van der Waals surface area (Å²) in [7, 11) is 0. The molecule has 1 aromatic carbocycles. The molecule has 7 heteroatoms. The Bertz CT molecular complexity index is 531. The quantitative estimate of drug-likeness (QED) is 0.601. The third kappa shape index (κ3) is 5.19. The van der Waals surface area contributed by atoms with E-state index in [1.165, 1.54) is 0 Å². The molecule has 1 fully saturated rings. The minimum atomic E-state index is -3.49. The number of carbonyl (C=O) groups is 1. The van der Waals surface area contributed by atoms with Crippen LogP contribution >= 0.6 is 0 Å². The highest BCUT2D eigenvalue weighted by molar-refractivity contribution is 5.71. The second-order valence-electron chi connectivity index (χ2n) is 6.05. The Labute approximate surface area is 138 Å². The van der Waals surface area contributed by atoms with Gasteiger partial charge in [0.15, 0.2) is 0 Å². The van der Waals surface area contributed by atoms with Crippen LogP contribution in [0.3, 0.4) is 0 Å². The molecule has 1 aromatic rings. The molecule has 0 spiro atoms. The van der Waals surface area contributed by atoms with Crippen LogP contribution in [0.2, 0.25) is 0 Å². The lowest BCUT2D eigenvalue weighted by Crippen LogP contribution is -2.43. The Hall–Kier alpha value is -1.63. The first kappa shape index (κ1) is 18.7. The van der Waals surface area contributed by atoms with E-state index in [4.69, 9.17) is 4.74 Å². The number of benzene rings is 1. The third-order valence-electron chi connectivity index (χ3n) is 4.15. The second kappa shape index (κ2) is 7.96. The highest BCUT2D eigenvalue weighted by Gasteiger charge is 2.41. The smallest absolute Gasteiger partial charge is 0.312 e. The fraction of sp³-hybridized carbons (Fsp3) is 0.588. The van der Waals surface area contributed by atoms with Gasteiger partial charge in [0.25, 0.3) is 5.92 Å². The summed E-state index contributed by atoms with van der Waals surface area (Å²) < 4.78 is 57.0. The predicted molar refractivity (Wildman–Crippen MR) is 81.1 cm³/mol. The molecule has 1 N–H and O–H groups in total. The highest BCUT2D eigenvalue weighted by Crippen LogP contribution is 2.36. The van der Waals surface area contributed by atoms with Gasteiger partial charge in [-0.1, -0.05) is 30.3 Å². The number of ether oxygens (including phenoxy) is 1. The number of alkyl halides is 4. The number of hydrogen-bond donors (Lipinski definition) is 1. The van der Waals surface area contributed by atoms with Gasteiger partial charge in [-0.15, -0.1) is 0 Å². The fourth-order valence-corrected chi connectivity index (χ4v) is 2.90. The monoisotopic (exact) mass is 347 g/mol. The summed E-state index contributed by atoms with van der Waals surface area (Å²) in [5.74, 6) is -4.54.